The lowest BCUT2D eigenvalue weighted by Gasteiger charge is -2.38. The first-order valence-corrected chi connectivity index (χ1v) is 6.57. The number of hydrogen-bond acceptors (Lipinski definition) is 3. The molecule has 1 aliphatic rings. The smallest absolute Gasteiger partial charge is 0.222 e. The van der Waals surface area contributed by atoms with Gasteiger partial charge in [0.05, 0.1) is 11.6 Å². The number of halogens is 1. The number of anilines is 1. The molecule has 1 amide bonds. The fourth-order valence-electron chi connectivity index (χ4n) is 2.59. The van der Waals surface area contributed by atoms with E-state index in [1.807, 2.05) is 17.9 Å². The standard InChI is InChI=1S/C14H20FN3O/c1-9-2-4-11(14(17)19)8-18(9)13-5-3-10(7-16)6-12(13)15/h3,5-6,9,11H,2,4,7-8,16H2,1H3,(H2,17,19). The summed E-state index contributed by atoms with van der Waals surface area (Å²) in [7, 11) is 0. The van der Waals surface area contributed by atoms with E-state index in [0.29, 0.717) is 18.8 Å². The molecule has 0 aromatic heterocycles. The van der Waals surface area contributed by atoms with Gasteiger partial charge in [-0.1, -0.05) is 6.07 Å². The van der Waals surface area contributed by atoms with E-state index in [-0.39, 0.29) is 23.7 Å². The Morgan fingerprint density at radius 1 is 1.47 bits per heavy atom. The molecule has 1 aromatic rings. The highest BCUT2D eigenvalue weighted by atomic mass is 19.1. The Bertz CT molecular complexity index is 478. The largest absolute Gasteiger partial charge is 0.369 e. The van der Waals surface area contributed by atoms with Crippen molar-refractivity contribution in [2.75, 3.05) is 11.4 Å². The van der Waals surface area contributed by atoms with Gasteiger partial charge >= 0.3 is 0 Å². The maximum Gasteiger partial charge on any atom is 0.222 e. The molecule has 4 nitrogen and oxygen atoms in total. The molecule has 2 unspecified atom stereocenters. The van der Waals surface area contributed by atoms with Crippen molar-refractivity contribution in [1.82, 2.24) is 0 Å². The Kier molecular flexibility index (Phi) is 4.04. The van der Waals surface area contributed by atoms with Gasteiger partial charge in [-0.25, -0.2) is 4.39 Å². The number of rotatable bonds is 3. The van der Waals surface area contributed by atoms with Crippen LogP contribution >= 0.6 is 0 Å². The SMILES string of the molecule is CC1CCC(C(N)=O)CN1c1ccc(CN)cc1F. The van der Waals surface area contributed by atoms with Gasteiger partial charge in [0.1, 0.15) is 5.82 Å². The van der Waals surface area contributed by atoms with Gasteiger partial charge in [0.25, 0.3) is 0 Å². The average Bonchev–Trinajstić information content (AvgIpc) is 2.39. The fourth-order valence-corrected chi connectivity index (χ4v) is 2.59. The van der Waals surface area contributed by atoms with Crippen LogP contribution in [0.1, 0.15) is 25.3 Å². The predicted molar refractivity (Wildman–Crippen MR) is 73.0 cm³/mol. The van der Waals surface area contributed by atoms with Gasteiger partial charge in [0.2, 0.25) is 5.91 Å². The topological polar surface area (TPSA) is 72.4 Å². The molecular formula is C14H20FN3O. The first-order chi connectivity index (χ1) is 9.02. The quantitative estimate of drug-likeness (QED) is 0.867. The van der Waals surface area contributed by atoms with Crippen LogP contribution in [0, 0.1) is 11.7 Å². The van der Waals surface area contributed by atoms with Crippen LogP contribution in [-0.2, 0) is 11.3 Å². The Labute approximate surface area is 112 Å². The summed E-state index contributed by atoms with van der Waals surface area (Å²) in [6.07, 6.45) is 1.61. The van der Waals surface area contributed by atoms with E-state index in [2.05, 4.69) is 0 Å². The second-order valence-corrected chi connectivity index (χ2v) is 5.17. The Morgan fingerprint density at radius 3 is 2.79 bits per heavy atom. The molecule has 2 rings (SSSR count). The molecule has 0 spiro atoms. The van der Waals surface area contributed by atoms with E-state index in [9.17, 15) is 9.18 Å². The summed E-state index contributed by atoms with van der Waals surface area (Å²) in [6.45, 7) is 2.83. The van der Waals surface area contributed by atoms with E-state index < -0.39 is 0 Å². The van der Waals surface area contributed by atoms with Gasteiger partial charge in [-0.05, 0) is 37.5 Å². The van der Waals surface area contributed by atoms with Crippen molar-refractivity contribution in [2.45, 2.75) is 32.4 Å². The summed E-state index contributed by atoms with van der Waals surface area (Å²) in [5, 5.41) is 0. The van der Waals surface area contributed by atoms with Crippen molar-refractivity contribution in [1.29, 1.82) is 0 Å². The van der Waals surface area contributed by atoms with Crippen LogP contribution in [0.25, 0.3) is 0 Å². The van der Waals surface area contributed by atoms with E-state index in [0.717, 1.165) is 18.4 Å². The Balaban J connectivity index is 2.25. The lowest BCUT2D eigenvalue weighted by atomic mass is 9.92. The third-order valence-electron chi connectivity index (χ3n) is 3.84. The number of carbonyl (C=O) groups excluding carboxylic acids is 1. The molecule has 4 N–H and O–H groups in total. The number of carbonyl (C=O) groups is 1. The van der Waals surface area contributed by atoms with Crippen molar-refractivity contribution in [3.8, 4) is 0 Å². The molecule has 1 saturated heterocycles. The first-order valence-electron chi connectivity index (χ1n) is 6.57. The van der Waals surface area contributed by atoms with E-state index >= 15 is 0 Å². The number of amides is 1. The van der Waals surface area contributed by atoms with Crippen molar-refractivity contribution >= 4 is 11.6 Å². The van der Waals surface area contributed by atoms with Crippen molar-refractivity contribution in [3.63, 3.8) is 0 Å². The summed E-state index contributed by atoms with van der Waals surface area (Å²) in [5.41, 5.74) is 12.1. The molecule has 0 bridgehead atoms. The summed E-state index contributed by atoms with van der Waals surface area (Å²) < 4.78 is 14.1. The molecule has 19 heavy (non-hydrogen) atoms. The molecule has 104 valence electrons. The average molecular weight is 265 g/mol. The lowest BCUT2D eigenvalue weighted by Crippen LogP contribution is -2.46. The second-order valence-electron chi connectivity index (χ2n) is 5.17. The molecular weight excluding hydrogens is 245 g/mol. The molecule has 1 heterocycles. The van der Waals surface area contributed by atoms with Crippen LogP contribution in [0.5, 0.6) is 0 Å². The lowest BCUT2D eigenvalue weighted by molar-refractivity contribution is -0.122. The summed E-state index contributed by atoms with van der Waals surface area (Å²) in [5.74, 6) is -0.805. The first kappa shape index (κ1) is 13.8. The van der Waals surface area contributed by atoms with Crippen molar-refractivity contribution in [3.05, 3.63) is 29.6 Å². The molecule has 1 fully saturated rings. The van der Waals surface area contributed by atoms with Crippen molar-refractivity contribution in [2.24, 2.45) is 17.4 Å². The number of benzene rings is 1. The highest BCUT2D eigenvalue weighted by Gasteiger charge is 2.29. The van der Waals surface area contributed by atoms with Gasteiger partial charge < -0.3 is 16.4 Å². The molecule has 5 heteroatoms. The minimum atomic E-state index is -0.309. The van der Waals surface area contributed by atoms with Crippen LogP contribution in [-0.4, -0.2) is 18.5 Å². The maximum atomic E-state index is 14.1. The van der Waals surface area contributed by atoms with E-state index in [4.69, 9.17) is 11.5 Å². The zero-order chi connectivity index (χ0) is 14.0. The molecule has 2 atom stereocenters. The minimum absolute atomic E-state index is 0.203. The molecule has 1 aromatic carbocycles. The van der Waals surface area contributed by atoms with Crippen LogP contribution in [0.4, 0.5) is 10.1 Å². The van der Waals surface area contributed by atoms with Gasteiger partial charge in [-0.3, -0.25) is 4.79 Å². The van der Waals surface area contributed by atoms with Gasteiger partial charge in [0, 0.05) is 19.1 Å². The second kappa shape index (κ2) is 5.57. The Hall–Kier alpha value is -1.62. The number of primary amides is 1. The minimum Gasteiger partial charge on any atom is -0.369 e. The zero-order valence-electron chi connectivity index (χ0n) is 11.1. The Morgan fingerprint density at radius 2 is 2.21 bits per heavy atom. The van der Waals surface area contributed by atoms with Gasteiger partial charge in [0.15, 0.2) is 0 Å². The fraction of sp³-hybridized carbons (Fsp3) is 0.500. The van der Waals surface area contributed by atoms with Crippen LogP contribution in [0.15, 0.2) is 18.2 Å². The van der Waals surface area contributed by atoms with Crippen molar-refractivity contribution < 1.29 is 9.18 Å². The van der Waals surface area contributed by atoms with Crippen LogP contribution in [0.3, 0.4) is 0 Å². The number of nitrogens with two attached hydrogens (primary N) is 2. The molecule has 0 aliphatic carbocycles. The van der Waals surface area contributed by atoms with E-state index in [1.165, 1.54) is 6.07 Å². The summed E-state index contributed by atoms with van der Waals surface area (Å²) in [4.78, 5) is 13.2. The van der Waals surface area contributed by atoms with Gasteiger partial charge in [-0.15, -0.1) is 0 Å². The number of piperidine rings is 1. The monoisotopic (exact) mass is 265 g/mol. The number of nitrogens with zero attached hydrogens (tertiary/aromatic N) is 1. The summed E-state index contributed by atoms with van der Waals surface area (Å²) in [6, 6.07) is 5.21. The van der Waals surface area contributed by atoms with Crippen LogP contribution < -0.4 is 16.4 Å². The van der Waals surface area contributed by atoms with Gasteiger partial charge in [-0.2, -0.15) is 0 Å². The molecule has 1 aliphatic heterocycles. The zero-order valence-corrected chi connectivity index (χ0v) is 11.1. The predicted octanol–water partition coefficient (Wildman–Crippen LogP) is 1.37. The highest BCUT2D eigenvalue weighted by molar-refractivity contribution is 5.77. The third kappa shape index (κ3) is 2.87. The van der Waals surface area contributed by atoms with Crippen LogP contribution in [0.2, 0.25) is 0 Å². The number of hydrogen-bond donors (Lipinski definition) is 2. The maximum absolute atomic E-state index is 14.1. The third-order valence-corrected chi connectivity index (χ3v) is 3.84. The normalized spacial score (nSPS) is 23.4. The highest BCUT2D eigenvalue weighted by Crippen LogP contribution is 2.29. The molecule has 0 radical (unpaired) electrons. The summed E-state index contributed by atoms with van der Waals surface area (Å²) >= 11 is 0. The van der Waals surface area contributed by atoms with E-state index in [1.54, 1.807) is 6.07 Å². The molecule has 0 saturated carbocycles.